The van der Waals surface area contributed by atoms with Gasteiger partial charge in [-0.25, -0.2) is 0 Å². The average Bonchev–Trinajstić information content (AvgIpc) is 3.81. The molecule has 0 aromatic rings. The predicted octanol–water partition coefficient (Wildman–Crippen LogP) is -1.96. The third kappa shape index (κ3) is 9.32. The molecule has 0 amide bonds. The molecule has 10 rings (SSSR count). The molecule has 418 valence electrons. The lowest BCUT2D eigenvalue weighted by Gasteiger charge is -2.59. The second-order valence-corrected chi connectivity index (χ2v) is 24.0. The minimum atomic E-state index is -1.93. The summed E-state index contributed by atoms with van der Waals surface area (Å²) in [6.45, 7) is 11.1. The van der Waals surface area contributed by atoms with Crippen LogP contribution >= 0.6 is 0 Å². The molecule has 10 aliphatic rings. The number of aliphatic hydroxyl groups is 12. The Balaban J connectivity index is 0.860. The summed E-state index contributed by atoms with van der Waals surface area (Å²) in [7, 11) is 0. The molecule has 4 aliphatic carbocycles. The molecular formula is C51H82O22. The fourth-order valence-electron chi connectivity index (χ4n) is 15.5. The Bertz CT molecular complexity index is 1950. The van der Waals surface area contributed by atoms with Gasteiger partial charge in [0.25, 0.3) is 0 Å². The summed E-state index contributed by atoms with van der Waals surface area (Å²) in [6, 6.07) is 0. The van der Waals surface area contributed by atoms with Gasteiger partial charge >= 0.3 is 0 Å². The highest BCUT2D eigenvalue weighted by Gasteiger charge is 2.69. The van der Waals surface area contributed by atoms with Gasteiger partial charge in [-0.1, -0.05) is 39.3 Å². The molecule has 6 aliphatic heterocycles. The Hall–Kier alpha value is -1.14. The Morgan fingerprint density at radius 2 is 1.21 bits per heavy atom. The van der Waals surface area contributed by atoms with Crippen LogP contribution in [0.15, 0.2) is 11.6 Å². The number of aliphatic hydroxyl groups excluding tert-OH is 12. The van der Waals surface area contributed by atoms with E-state index in [-0.39, 0.29) is 28.8 Å². The van der Waals surface area contributed by atoms with Gasteiger partial charge in [-0.15, -0.1) is 0 Å². The van der Waals surface area contributed by atoms with E-state index in [1.807, 2.05) is 6.92 Å². The van der Waals surface area contributed by atoms with E-state index in [1.165, 1.54) is 19.4 Å². The Labute approximate surface area is 425 Å². The first-order chi connectivity index (χ1) is 34.5. The lowest BCUT2D eigenvalue weighted by atomic mass is 9.47. The van der Waals surface area contributed by atoms with Gasteiger partial charge in [-0.2, -0.15) is 0 Å². The van der Waals surface area contributed by atoms with Crippen LogP contribution < -0.4 is 0 Å². The van der Waals surface area contributed by atoms with Crippen LogP contribution in [-0.4, -0.2) is 228 Å². The average molecular weight is 1050 g/mol. The first-order valence-corrected chi connectivity index (χ1v) is 26.8. The van der Waals surface area contributed by atoms with Crippen LogP contribution in [0.1, 0.15) is 92.9 Å². The van der Waals surface area contributed by atoms with Crippen LogP contribution in [-0.2, 0) is 47.4 Å². The monoisotopic (exact) mass is 1050 g/mol. The Morgan fingerprint density at radius 1 is 0.603 bits per heavy atom. The van der Waals surface area contributed by atoms with Gasteiger partial charge in [-0.3, -0.25) is 0 Å². The summed E-state index contributed by atoms with van der Waals surface area (Å²) in [5, 5.41) is 130. The molecule has 6 saturated heterocycles. The van der Waals surface area contributed by atoms with E-state index in [2.05, 4.69) is 26.8 Å². The summed E-state index contributed by atoms with van der Waals surface area (Å²) >= 11 is 0. The highest BCUT2D eigenvalue weighted by atomic mass is 16.8. The van der Waals surface area contributed by atoms with Crippen LogP contribution in [0.2, 0.25) is 0 Å². The van der Waals surface area contributed by atoms with Gasteiger partial charge in [0.2, 0.25) is 0 Å². The van der Waals surface area contributed by atoms with Crippen LogP contribution in [0.3, 0.4) is 0 Å². The van der Waals surface area contributed by atoms with E-state index in [4.69, 9.17) is 47.4 Å². The molecule has 22 nitrogen and oxygen atoms in total. The molecule has 0 aromatic carbocycles. The van der Waals surface area contributed by atoms with Crippen molar-refractivity contribution in [3.63, 3.8) is 0 Å². The summed E-state index contributed by atoms with van der Waals surface area (Å²) in [5.41, 5.74) is 1.21. The second-order valence-electron chi connectivity index (χ2n) is 24.0. The second kappa shape index (κ2) is 20.8. The third-order valence-electron chi connectivity index (χ3n) is 19.9. The van der Waals surface area contributed by atoms with Crippen LogP contribution in [0.4, 0.5) is 0 Å². The van der Waals surface area contributed by atoms with Crippen molar-refractivity contribution >= 4 is 0 Å². The largest absolute Gasteiger partial charge is 0.394 e. The van der Waals surface area contributed by atoms with Crippen molar-refractivity contribution < 1.29 is 109 Å². The number of rotatable bonds is 10. The number of hydrogen-bond acceptors (Lipinski definition) is 22. The topological polar surface area (TPSA) is 335 Å². The third-order valence-corrected chi connectivity index (χ3v) is 19.9. The SMILES string of the molecule is C[C@@H]1CO[C@]2(C[C@@H]1O)O[C@@H]1C[C@@H]3[C@H]4CC=C5C[C@H](O[C@@H]6O[C@H](CO)[C@@H](O)[C@H](O[C@@H]7O[C@@H](C)[C@H](O[C@@H]8O[C@H](CO)[C@@H](O)[C@H](O)[C@H]8O)[C@@H](O)[C@H]7O)[C@H]6O[C@@H]6O[C@@H](C)[C@H](O)[C@@H](O)[C@H]6O)CC[C@@]5(C)[C@@H]4CC[C@@]3(C)[C@@H]1[C@H]2C. The molecule has 6 heterocycles. The molecule has 0 unspecified atom stereocenters. The van der Waals surface area contributed by atoms with E-state index >= 15 is 0 Å². The van der Waals surface area contributed by atoms with Crippen molar-refractivity contribution in [2.75, 3.05) is 19.8 Å². The van der Waals surface area contributed by atoms with Crippen molar-refractivity contribution in [3.8, 4) is 0 Å². The summed E-state index contributed by atoms with van der Waals surface area (Å²) in [5.74, 6) is 1.14. The van der Waals surface area contributed by atoms with Gasteiger partial charge in [0.15, 0.2) is 30.9 Å². The van der Waals surface area contributed by atoms with Crippen molar-refractivity contribution in [3.05, 3.63) is 11.6 Å². The molecule has 3 saturated carbocycles. The molecule has 9 fully saturated rings. The molecule has 73 heavy (non-hydrogen) atoms. The highest BCUT2D eigenvalue weighted by Crippen LogP contribution is 2.71. The Morgan fingerprint density at radius 3 is 1.89 bits per heavy atom. The molecule has 0 aromatic heterocycles. The molecule has 0 radical (unpaired) electrons. The molecule has 0 bridgehead atoms. The minimum Gasteiger partial charge on any atom is -0.394 e. The summed E-state index contributed by atoms with van der Waals surface area (Å²) in [6.07, 6.45) is -23.8. The zero-order valence-corrected chi connectivity index (χ0v) is 42.5. The van der Waals surface area contributed by atoms with Crippen molar-refractivity contribution in [1.29, 1.82) is 0 Å². The number of fused-ring (bicyclic) bond motifs is 7. The first-order valence-electron chi connectivity index (χ1n) is 26.8. The Kier molecular flexibility index (Phi) is 15.7. The zero-order valence-electron chi connectivity index (χ0n) is 42.5. The molecule has 1 spiro atoms. The number of allylic oxidation sites excluding steroid dienone is 1. The minimum absolute atomic E-state index is 0.0633. The van der Waals surface area contributed by atoms with Crippen molar-refractivity contribution in [2.24, 2.45) is 46.3 Å². The molecular weight excluding hydrogens is 965 g/mol. The summed E-state index contributed by atoms with van der Waals surface area (Å²) < 4.78 is 62.2. The lowest BCUT2D eigenvalue weighted by molar-refractivity contribution is -0.398. The van der Waals surface area contributed by atoms with Gasteiger partial charge in [0, 0.05) is 18.3 Å². The molecule has 22 heteroatoms. The van der Waals surface area contributed by atoms with Gasteiger partial charge in [-0.05, 0) is 93.3 Å². The van der Waals surface area contributed by atoms with Gasteiger partial charge in [0.1, 0.15) is 85.5 Å². The summed E-state index contributed by atoms with van der Waals surface area (Å²) in [4.78, 5) is 0. The normalized spacial score (nSPS) is 58.2. The van der Waals surface area contributed by atoms with E-state index in [0.29, 0.717) is 49.5 Å². The van der Waals surface area contributed by atoms with Crippen molar-refractivity contribution in [2.45, 2.75) is 240 Å². The van der Waals surface area contributed by atoms with Gasteiger partial charge in [0.05, 0.1) is 50.3 Å². The number of hydrogen-bond donors (Lipinski definition) is 12. The fourth-order valence-corrected chi connectivity index (χ4v) is 15.5. The van der Waals surface area contributed by atoms with Crippen molar-refractivity contribution in [1.82, 2.24) is 0 Å². The maximum atomic E-state index is 11.8. The van der Waals surface area contributed by atoms with Crippen LogP contribution in [0.25, 0.3) is 0 Å². The van der Waals surface area contributed by atoms with E-state index in [0.717, 1.165) is 32.1 Å². The lowest BCUT2D eigenvalue weighted by Crippen LogP contribution is -2.67. The quantitative estimate of drug-likeness (QED) is 0.106. The smallest absolute Gasteiger partial charge is 0.187 e. The highest BCUT2D eigenvalue weighted by molar-refractivity contribution is 5.26. The zero-order chi connectivity index (χ0) is 52.4. The fraction of sp³-hybridized carbons (Fsp3) is 0.961. The molecule has 12 N–H and O–H groups in total. The molecule has 32 atom stereocenters. The van der Waals surface area contributed by atoms with Crippen LogP contribution in [0, 0.1) is 46.3 Å². The van der Waals surface area contributed by atoms with Gasteiger partial charge < -0.3 is 109 Å². The van der Waals surface area contributed by atoms with Crippen LogP contribution in [0.5, 0.6) is 0 Å². The van der Waals surface area contributed by atoms with E-state index in [9.17, 15) is 61.3 Å². The maximum Gasteiger partial charge on any atom is 0.187 e. The maximum absolute atomic E-state index is 11.8. The predicted molar refractivity (Wildman–Crippen MR) is 247 cm³/mol. The first kappa shape index (κ1) is 55.2. The van der Waals surface area contributed by atoms with E-state index in [1.54, 1.807) is 0 Å². The standard InChI is InChI=1S/C51H82O22/c1-19-18-64-51(15-28(19)54)20(2)32-29(73-51)14-27-25-8-7-23-13-24(9-11-49(23,5)26(25)10-12-50(27,32)6)67-48-44(72-45-39(61)36(58)33(55)21(3)65-45)43(35(57)31(17-53)69-48)71-46-41(63)38(60)42(22(4)66-46)70-47-40(62)37(59)34(56)30(16-52)68-47/h7,19-22,24-48,52-63H,8-18H2,1-6H3/t19-,20-,21+,22+,24-,25+,26-,27-,28+,29-,30-,31-,32-,33+,34-,35-,36-,37+,38+,39-,40-,41-,42+,43+,44-,45+,46+,47+,48-,49-,50-,51-/m1/s1. The number of ether oxygens (including phenoxy) is 10. The van der Waals surface area contributed by atoms with E-state index < -0.39 is 154 Å².